The zero-order valence-corrected chi connectivity index (χ0v) is 17.4. The van der Waals surface area contributed by atoms with Gasteiger partial charge in [0.2, 0.25) is 5.78 Å². The van der Waals surface area contributed by atoms with Crippen LogP contribution in [0.25, 0.3) is 0 Å². The molecule has 1 aliphatic rings. The predicted molar refractivity (Wildman–Crippen MR) is 107 cm³/mol. The van der Waals surface area contributed by atoms with Crippen LogP contribution in [0, 0.1) is 27.7 Å². The number of nitrogens with zero attached hydrogens (tertiary/aromatic N) is 1. The summed E-state index contributed by atoms with van der Waals surface area (Å²) in [6.45, 7) is 7.07. The number of sulfone groups is 1. The molecule has 0 saturated carbocycles. The first kappa shape index (κ1) is 20.3. The van der Waals surface area contributed by atoms with Gasteiger partial charge in [0, 0.05) is 23.0 Å². The molecule has 1 atom stereocenters. The lowest BCUT2D eigenvalue weighted by molar-refractivity contribution is 0.0473. The third-order valence-electron chi connectivity index (χ3n) is 5.52. The first-order valence-corrected chi connectivity index (χ1v) is 11.1. The van der Waals surface area contributed by atoms with E-state index < -0.39 is 15.8 Å². The number of aryl methyl sites for hydroxylation is 2. The number of benzene rings is 1. The molecule has 28 heavy (non-hydrogen) atoms. The van der Waals surface area contributed by atoms with E-state index in [4.69, 9.17) is 4.74 Å². The number of carbonyl (C=O) groups excluding carboxylic acids is 2. The summed E-state index contributed by atoms with van der Waals surface area (Å²) in [5.74, 6) is -0.548. The number of Topliss-reactive ketones (excluding diaryl/α,β-unsaturated/α-hetero) is 1. The molecule has 7 heteroatoms. The Bertz CT molecular complexity index is 1050. The van der Waals surface area contributed by atoms with Crippen LogP contribution in [0.2, 0.25) is 0 Å². The fourth-order valence-corrected chi connectivity index (χ4v) is 5.56. The van der Waals surface area contributed by atoms with Gasteiger partial charge in [0.25, 0.3) is 0 Å². The fraction of sp³-hybridized carbons (Fsp3) is 0.429. The van der Waals surface area contributed by atoms with Crippen molar-refractivity contribution < 1.29 is 22.7 Å². The molecular formula is C21H25NO5S. The molecule has 0 unspecified atom stereocenters. The maximum absolute atomic E-state index is 12.7. The van der Waals surface area contributed by atoms with Gasteiger partial charge >= 0.3 is 5.97 Å². The van der Waals surface area contributed by atoms with E-state index in [2.05, 4.69) is 0 Å². The third kappa shape index (κ3) is 3.90. The van der Waals surface area contributed by atoms with Crippen LogP contribution in [0.1, 0.15) is 55.7 Å². The third-order valence-corrected chi connectivity index (χ3v) is 7.27. The second-order valence-electron chi connectivity index (χ2n) is 7.46. The molecule has 1 aromatic carbocycles. The van der Waals surface area contributed by atoms with E-state index in [-0.39, 0.29) is 29.9 Å². The summed E-state index contributed by atoms with van der Waals surface area (Å²) in [7, 11) is -3.02. The normalized spacial score (nSPS) is 18.2. The number of ketones is 1. The molecule has 0 radical (unpaired) electrons. The van der Waals surface area contributed by atoms with Gasteiger partial charge in [-0.25, -0.2) is 13.2 Å². The molecule has 2 heterocycles. The Balaban J connectivity index is 1.74. The number of esters is 1. The Labute approximate surface area is 165 Å². The molecular weight excluding hydrogens is 378 g/mol. The zero-order valence-electron chi connectivity index (χ0n) is 16.6. The number of hydrogen-bond donors (Lipinski definition) is 0. The monoisotopic (exact) mass is 403 g/mol. The number of aromatic nitrogens is 1. The van der Waals surface area contributed by atoms with E-state index >= 15 is 0 Å². The van der Waals surface area contributed by atoms with Crippen molar-refractivity contribution in [3.8, 4) is 0 Å². The van der Waals surface area contributed by atoms with Crippen molar-refractivity contribution in [3.05, 3.63) is 57.9 Å². The molecule has 150 valence electrons. The van der Waals surface area contributed by atoms with Crippen molar-refractivity contribution in [2.24, 2.45) is 0 Å². The Morgan fingerprint density at radius 1 is 1.14 bits per heavy atom. The van der Waals surface area contributed by atoms with Crippen LogP contribution in [-0.4, -0.2) is 42.9 Å². The van der Waals surface area contributed by atoms with Gasteiger partial charge in [-0.05, 0) is 57.4 Å². The van der Waals surface area contributed by atoms with Crippen LogP contribution in [0.3, 0.4) is 0 Å². The van der Waals surface area contributed by atoms with Crippen LogP contribution in [-0.2, 0) is 14.6 Å². The number of rotatable bonds is 5. The van der Waals surface area contributed by atoms with Crippen molar-refractivity contribution in [1.29, 1.82) is 0 Å². The van der Waals surface area contributed by atoms with E-state index in [9.17, 15) is 18.0 Å². The van der Waals surface area contributed by atoms with Crippen molar-refractivity contribution in [3.63, 3.8) is 0 Å². The molecule has 0 amide bonds. The summed E-state index contributed by atoms with van der Waals surface area (Å²) < 4.78 is 30.8. The minimum Gasteiger partial charge on any atom is -0.454 e. The Morgan fingerprint density at radius 2 is 1.86 bits per heavy atom. The lowest BCUT2D eigenvalue weighted by Crippen LogP contribution is -2.17. The van der Waals surface area contributed by atoms with Crippen molar-refractivity contribution in [2.45, 2.75) is 40.2 Å². The summed E-state index contributed by atoms with van der Waals surface area (Å²) in [5.41, 5.74) is 4.29. The highest BCUT2D eigenvalue weighted by atomic mass is 32.2. The number of ether oxygens (including phenoxy) is 1. The van der Waals surface area contributed by atoms with Crippen LogP contribution < -0.4 is 0 Å². The lowest BCUT2D eigenvalue weighted by atomic mass is 10.0. The van der Waals surface area contributed by atoms with Crippen molar-refractivity contribution >= 4 is 21.6 Å². The molecule has 0 bridgehead atoms. The summed E-state index contributed by atoms with van der Waals surface area (Å²) >= 11 is 0. The first-order valence-electron chi connectivity index (χ1n) is 9.26. The Hall–Kier alpha value is -2.41. The number of carbonyl (C=O) groups is 2. The van der Waals surface area contributed by atoms with Crippen LogP contribution >= 0.6 is 0 Å². The first-order chi connectivity index (χ1) is 13.1. The van der Waals surface area contributed by atoms with Crippen molar-refractivity contribution in [1.82, 2.24) is 4.57 Å². The highest BCUT2D eigenvalue weighted by molar-refractivity contribution is 7.91. The number of hydrogen-bond acceptors (Lipinski definition) is 5. The van der Waals surface area contributed by atoms with Gasteiger partial charge in [-0.15, -0.1) is 0 Å². The minimum absolute atomic E-state index is 0.0958. The molecule has 2 aromatic rings. The van der Waals surface area contributed by atoms with Gasteiger partial charge < -0.3 is 9.30 Å². The molecule has 3 rings (SSSR count). The van der Waals surface area contributed by atoms with Crippen molar-refractivity contribution in [2.75, 3.05) is 18.1 Å². The SMILES string of the molecule is Cc1cccc(C(=O)OCC(=O)c2cc(C)n([C@H]3CCS(=O)(=O)C3)c2C)c1C. The maximum atomic E-state index is 12.7. The van der Waals surface area contributed by atoms with E-state index in [1.165, 1.54) is 0 Å². The minimum atomic E-state index is -3.02. The largest absolute Gasteiger partial charge is 0.454 e. The lowest BCUT2D eigenvalue weighted by Gasteiger charge is -2.16. The van der Waals surface area contributed by atoms with E-state index in [1.54, 1.807) is 25.1 Å². The summed E-state index contributed by atoms with van der Waals surface area (Å²) in [4.78, 5) is 25.0. The smallest absolute Gasteiger partial charge is 0.338 e. The van der Waals surface area contributed by atoms with Gasteiger partial charge in [-0.2, -0.15) is 0 Å². The van der Waals surface area contributed by atoms with E-state index in [0.29, 0.717) is 23.2 Å². The molecule has 1 aliphatic heterocycles. The van der Waals surface area contributed by atoms with Gasteiger partial charge in [0.15, 0.2) is 16.4 Å². The molecule has 1 fully saturated rings. The molecule has 0 N–H and O–H groups in total. The van der Waals surface area contributed by atoms with Crippen LogP contribution in [0.4, 0.5) is 0 Å². The van der Waals surface area contributed by atoms with Crippen LogP contribution in [0.5, 0.6) is 0 Å². The standard InChI is InChI=1S/C21H25NO5S/c1-13-6-5-7-18(15(13)3)21(24)27-11-20(23)19-10-14(2)22(16(19)4)17-8-9-28(25,26)12-17/h5-7,10,17H,8-9,11-12H2,1-4H3/t17-/m0/s1. The summed E-state index contributed by atoms with van der Waals surface area (Å²) in [6.07, 6.45) is 0.550. The molecule has 0 aliphatic carbocycles. The Kier molecular flexibility index (Phi) is 5.48. The quantitative estimate of drug-likeness (QED) is 0.566. The van der Waals surface area contributed by atoms with Gasteiger partial charge in [-0.1, -0.05) is 12.1 Å². The van der Waals surface area contributed by atoms with E-state index in [0.717, 1.165) is 16.8 Å². The summed E-state index contributed by atoms with van der Waals surface area (Å²) in [6, 6.07) is 6.97. The predicted octanol–water partition coefficient (Wildman–Crippen LogP) is 3.12. The molecule has 6 nitrogen and oxygen atoms in total. The van der Waals surface area contributed by atoms with Gasteiger partial charge in [-0.3, -0.25) is 4.79 Å². The fourth-order valence-electron chi connectivity index (χ4n) is 3.86. The van der Waals surface area contributed by atoms with E-state index in [1.807, 2.05) is 31.4 Å². The molecule has 1 saturated heterocycles. The highest BCUT2D eigenvalue weighted by Crippen LogP contribution is 2.29. The van der Waals surface area contributed by atoms with Crippen LogP contribution in [0.15, 0.2) is 24.3 Å². The second-order valence-corrected chi connectivity index (χ2v) is 9.69. The summed E-state index contributed by atoms with van der Waals surface area (Å²) in [5, 5.41) is 0. The topological polar surface area (TPSA) is 82.4 Å². The Morgan fingerprint density at radius 3 is 2.50 bits per heavy atom. The van der Waals surface area contributed by atoms with Gasteiger partial charge in [0.1, 0.15) is 0 Å². The maximum Gasteiger partial charge on any atom is 0.338 e. The average Bonchev–Trinajstić information content (AvgIpc) is 3.13. The molecule has 0 spiro atoms. The highest BCUT2D eigenvalue weighted by Gasteiger charge is 2.31. The zero-order chi connectivity index (χ0) is 20.6. The second kappa shape index (κ2) is 7.54. The van der Waals surface area contributed by atoms with Gasteiger partial charge in [0.05, 0.1) is 17.1 Å². The average molecular weight is 404 g/mol. The molecule has 1 aromatic heterocycles.